The van der Waals surface area contributed by atoms with Gasteiger partial charge in [0, 0.05) is 23.0 Å². The molecule has 0 aliphatic heterocycles. The number of rotatable bonds is 3. The number of aromatic nitrogens is 2. The summed E-state index contributed by atoms with van der Waals surface area (Å²) in [6.45, 7) is 0. The molecule has 1 atom stereocenters. The van der Waals surface area contributed by atoms with Crippen LogP contribution in [0.5, 0.6) is 0 Å². The lowest BCUT2D eigenvalue weighted by Crippen LogP contribution is -2.20. The molecule has 0 saturated heterocycles. The van der Waals surface area contributed by atoms with Crippen LogP contribution in [0.4, 0.5) is 4.39 Å². The Morgan fingerprint density at radius 3 is 2.88 bits per heavy atom. The van der Waals surface area contributed by atoms with Gasteiger partial charge in [-0.15, -0.1) is 0 Å². The minimum Gasteiger partial charge on any atom is -0.347 e. The van der Waals surface area contributed by atoms with E-state index in [4.69, 9.17) is 11.6 Å². The number of benzene rings is 1. The molecule has 0 aliphatic rings. The number of aromatic amines is 1. The Balaban J connectivity index is 2.41. The molecule has 1 aromatic heterocycles. The Hall–Kier alpha value is -1.39. The summed E-state index contributed by atoms with van der Waals surface area (Å²) in [5.74, 6) is 0.326. The number of imidazole rings is 1. The summed E-state index contributed by atoms with van der Waals surface area (Å²) in [5, 5.41) is 3.39. The molecular formula is C11H11ClFN3. The SMILES string of the molecule is CNC(c1ncc[nH]1)c1ccc(Cl)cc1F. The van der Waals surface area contributed by atoms with E-state index in [0.29, 0.717) is 16.4 Å². The molecule has 16 heavy (non-hydrogen) atoms. The van der Waals surface area contributed by atoms with Crippen molar-refractivity contribution in [3.63, 3.8) is 0 Å². The summed E-state index contributed by atoms with van der Waals surface area (Å²) < 4.78 is 13.7. The number of hydrogen-bond donors (Lipinski definition) is 2. The van der Waals surface area contributed by atoms with Gasteiger partial charge in [0.05, 0.1) is 6.04 Å². The fourth-order valence-corrected chi connectivity index (χ4v) is 1.77. The molecule has 1 heterocycles. The van der Waals surface area contributed by atoms with Crippen LogP contribution in [0, 0.1) is 5.82 Å². The minimum absolute atomic E-state index is 0.299. The van der Waals surface area contributed by atoms with Gasteiger partial charge in [0.1, 0.15) is 11.6 Å². The molecule has 0 fully saturated rings. The summed E-state index contributed by atoms with van der Waals surface area (Å²) in [5.41, 5.74) is 0.516. The molecule has 3 nitrogen and oxygen atoms in total. The van der Waals surface area contributed by atoms with Gasteiger partial charge in [-0.25, -0.2) is 9.37 Å². The van der Waals surface area contributed by atoms with Crippen LogP contribution >= 0.6 is 11.6 Å². The highest BCUT2D eigenvalue weighted by molar-refractivity contribution is 6.30. The van der Waals surface area contributed by atoms with E-state index in [1.807, 2.05) is 0 Å². The van der Waals surface area contributed by atoms with E-state index >= 15 is 0 Å². The van der Waals surface area contributed by atoms with Crippen LogP contribution in [0.3, 0.4) is 0 Å². The first-order valence-electron chi connectivity index (χ1n) is 4.84. The van der Waals surface area contributed by atoms with Gasteiger partial charge in [-0.2, -0.15) is 0 Å². The van der Waals surface area contributed by atoms with Crippen molar-refractivity contribution in [3.8, 4) is 0 Å². The van der Waals surface area contributed by atoms with Crippen molar-refractivity contribution in [2.45, 2.75) is 6.04 Å². The van der Waals surface area contributed by atoms with E-state index in [0.717, 1.165) is 0 Å². The monoisotopic (exact) mass is 239 g/mol. The summed E-state index contributed by atoms with van der Waals surface area (Å²) in [6.07, 6.45) is 3.33. The van der Waals surface area contributed by atoms with E-state index < -0.39 is 0 Å². The Morgan fingerprint density at radius 2 is 2.31 bits per heavy atom. The Bertz CT molecular complexity index is 470. The molecular weight excluding hydrogens is 229 g/mol. The maximum absolute atomic E-state index is 13.7. The normalized spacial score (nSPS) is 12.7. The van der Waals surface area contributed by atoms with Crippen LogP contribution in [-0.2, 0) is 0 Å². The Kier molecular flexibility index (Phi) is 3.22. The topological polar surface area (TPSA) is 40.7 Å². The number of nitrogens with zero attached hydrogens (tertiary/aromatic N) is 1. The zero-order valence-electron chi connectivity index (χ0n) is 8.67. The summed E-state index contributed by atoms with van der Waals surface area (Å²) in [6, 6.07) is 4.31. The van der Waals surface area contributed by atoms with E-state index in [1.54, 1.807) is 31.6 Å². The Morgan fingerprint density at radius 1 is 1.50 bits per heavy atom. The largest absolute Gasteiger partial charge is 0.347 e. The molecule has 0 bridgehead atoms. The zero-order valence-corrected chi connectivity index (χ0v) is 9.42. The predicted molar refractivity (Wildman–Crippen MR) is 60.9 cm³/mol. The van der Waals surface area contributed by atoms with Crippen LogP contribution in [-0.4, -0.2) is 17.0 Å². The molecule has 5 heteroatoms. The van der Waals surface area contributed by atoms with Crippen molar-refractivity contribution in [2.75, 3.05) is 7.05 Å². The van der Waals surface area contributed by atoms with Crippen LogP contribution in [0.15, 0.2) is 30.6 Å². The van der Waals surface area contributed by atoms with Gasteiger partial charge in [-0.3, -0.25) is 0 Å². The van der Waals surface area contributed by atoms with Gasteiger partial charge in [0.15, 0.2) is 0 Å². The number of hydrogen-bond acceptors (Lipinski definition) is 2. The summed E-state index contributed by atoms with van der Waals surface area (Å²) in [7, 11) is 1.75. The number of halogens is 2. The second-order valence-corrected chi connectivity index (χ2v) is 3.80. The van der Waals surface area contributed by atoms with Gasteiger partial charge < -0.3 is 10.3 Å². The first-order chi connectivity index (χ1) is 7.72. The number of nitrogens with one attached hydrogen (secondary N) is 2. The van der Waals surface area contributed by atoms with E-state index in [-0.39, 0.29) is 11.9 Å². The molecule has 0 amide bonds. The lowest BCUT2D eigenvalue weighted by atomic mass is 10.1. The van der Waals surface area contributed by atoms with Crippen LogP contribution < -0.4 is 5.32 Å². The predicted octanol–water partition coefficient (Wildman–Crippen LogP) is 2.51. The van der Waals surface area contributed by atoms with Crippen molar-refractivity contribution in [1.29, 1.82) is 0 Å². The number of H-pyrrole nitrogens is 1. The van der Waals surface area contributed by atoms with Crippen LogP contribution in [0.25, 0.3) is 0 Å². The molecule has 84 valence electrons. The fourth-order valence-electron chi connectivity index (χ4n) is 1.61. The lowest BCUT2D eigenvalue weighted by Gasteiger charge is -2.15. The van der Waals surface area contributed by atoms with Crippen molar-refractivity contribution >= 4 is 11.6 Å². The fraction of sp³-hybridized carbons (Fsp3) is 0.182. The third-order valence-corrected chi connectivity index (χ3v) is 2.59. The quantitative estimate of drug-likeness (QED) is 0.864. The molecule has 0 spiro atoms. The Labute approximate surface area is 97.7 Å². The third-order valence-electron chi connectivity index (χ3n) is 2.35. The minimum atomic E-state index is -0.344. The first-order valence-corrected chi connectivity index (χ1v) is 5.21. The van der Waals surface area contributed by atoms with E-state index in [9.17, 15) is 4.39 Å². The van der Waals surface area contributed by atoms with Crippen LogP contribution in [0.2, 0.25) is 5.02 Å². The lowest BCUT2D eigenvalue weighted by molar-refractivity contribution is 0.565. The van der Waals surface area contributed by atoms with Gasteiger partial charge in [0.2, 0.25) is 0 Å². The molecule has 0 aliphatic carbocycles. The molecule has 2 aromatic rings. The van der Waals surface area contributed by atoms with Gasteiger partial charge in [-0.05, 0) is 19.2 Å². The zero-order chi connectivity index (χ0) is 11.5. The highest BCUT2D eigenvalue weighted by atomic mass is 35.5. The highest BCUT2D eigenvalue weighted by Gasteiger charge is 2.18. The molecule has 0 radical (unpaired) electrons. The van der Waals surface area contributed by atoms with Crippen molar-refractivity contribution < 1.29 is 4.39 Å². The third kappa shape index (κ3) is 2.08. The maximum Gasteiger partial charge on any atom is 0.129 e. The highest BCUT2D eigenvalue weighted by Crippen LogP contribution is 2.23. The molecule has 1 unspecified atom stereocenters. The summed E-state index contributed by atoms with van der Waals surface area (Å²) in [4.78, 5) is 7.06. The van der Waals surface area contributed by atoms with Gasteiger partial charge in [0.25, 0.3) is 0 Å². The van der Waals surface area contributed by atoms with E-state index in [2.05, 4.69) is 15.3 Å². The maximum atomic E-state index is 13.7. The van der Waals surface area contributed by atoms with Gasteiger partial charge >= 0.3 is 0 Å². The first kappa shape index (κ1) is 11.1. The van der Waals surface area contributed by atoms with Crippen molar-refractivity contribution in [3.05, 3.63) is 52.8 Å². The average Bonchev–Trinajstić information content (AvgIpc) is 2.75. The second-order valence-electron chi connectivity index (χ2n) is 3.36. The van der Waals surface area contributed by atoms with Gasteiger partial charge in [-0.1, -0.05) is 17.7 Å². The molecule has 2 N–H and O–H groups in total. The van der Waals surface area contributed by atoms with Crippen molar-refractivity contribution in [2.24, 2.45) is 0 Å². The summed E-state index contributed by atoms with van der Waals surface area (Å²) >= 11 is 5.71. The van der Waals surface area contributed by atoms with E-state index in [1.165, 1.54) is 6.07 Å². The average molecular weight is 240 g/mol. The molecule has 1 aromatic carbocycles. The van der Waals surface area contributed by atoms with Crippen molar-refractivity contribution in [1.82, 2.24) is 15.3 Å². The van der Waals surface area contributed by atoms with Crippen LogP contribution in [0.1, 0.15) is 17.4 Å². The molecule has 2 rings (SSSR count). The standard InChI is InChI=1S/C11H11ClFN3/c1-14-10(11-15-4-5-16-11)8-3-2-7(12)6-9(8)13/h2-6,10,14H,1H3,(H,15,16). The second kappa shape index (κ2) is 4.63. The molecule has 0 saturated carbocycles. The smallest absolute Gasteiger partial charge is 0.129 e.